The van der Waals surface area contributed by atoms with E-state index in [9.17, 15) is 5.11 Å². The lowest BCUT2D eigenvalue weighted by Gasteiger charge is -2.26. The summed E-state index contributed by atoms with van der Waals surface area (Å²) in [4.78, 5) is 2.25. The van der Waals surface area contributed by atoms with Gasteiger partial charge in [0.15, 0.2) is 0 Å². The summed E-state index contributed by atoms with van der Waals surface area (Å²) in [6, 6.07) is 10.3. The molecule has 1 aromatic carbocycles. The van der Waals surface area contributed by atoms with Crippen molar-refractivity contribution in [3.63, 3.8) is 0 Å². The third-order valence-electron chi connectivity index (χ3n) is 3.07. The average molecular weight is 249 g/mol. The van der Waals surface area contributed by atoms with Gasteiger partial charge in [-0.15, -0.1) is 0 Å². The van der Waals surface area contributed by atoms with E-state index in [-0.39, 0.29) is 17.8 Å². The lowest BCUT2D eigenvalue weighted by Crippen LogP contribution is -2.35. The van der Waals surface area contributed by atoms with E-state index in [1.165, 1.54) is 5.56 Å². The molecule has 100 valence electrons. The van der Waals surface area contributed by atoms with Crippen LogP contribution < -0.4 is 0 Å². The summed E-state index contributed by atoms with van der Waals surface area (Å²) in [5, 5.41) is 10.0. The van der Waals surface area contributed by atoms with Crippen LogP contribution in [-0.2, 0) is 11.3 Å². The Morgan fingerprint density at radius 3 is 2.50 bits per heavy atom. The fourth-order valence-corrected chi connectivity index (χ4v) is 2.37. The van der Waals surface area contributed by atoms with Crippen molar-refractivity contribution >= 4 is 0 Å². The first kappa shape index (κ1) is 13.5. The maximum Gasteiger partial charge on any atom is 0.0980 e. The van der Waals surface area contributed by atoms with Crippen LogP contribution in [0.4, 0.5) is 0 Å². The number of hydrogen-bond acceptors (Lipinski definition) is 3. The molecule has 0 saturated carbocycles. The van der Waals surface area contributed by atoms with Crippen molar-refractivity contribution in [2.24, 2.45) is 0 Å². The van der Waals surface area contributed by atoms with Crippen LogP contribution in [0.1, 0.15) is 26.3 Å². The molecule has 1 aliphatic rings. The predicted molar refractivity (Wildman–Crippen MR) is 72.4 cm³/mol. The van der Waals surface area contributed by atoms with Crippen molar-refractivity contribution < 1.29 is 9.84 Å². The number of benzene rings is 1. The molecule has 0 bridgehead atoms. The van der Waals surface area contributed by atoms with Crippen molar-refractivity contribution in [1.82, 2.24) is 4.90 Å². The molecule has 0 aliphatic carbocycles. The first-order chi connectivity index (χ1) is 8.44. The first-order valence-corrected chi connectivity index (χ1v) is 6.56. The number of likely N-dealkylation sites (tertiary alicyclic amines) is 1. The van der Waals surface area contributed by atoms with Crippen molar-refractivity contribution in [3.05, 3.63) is 35.9 Å². The van der Waals surface area contributed by atoms with E-state index in [2.05, 4.69) is 17.0 Å². The minimum absolute atomic E-state index is 0.0753. The lowest BCUT2D eigenvalue weighted by atomic mass is 10.1. The van der Waals surface area contributed by atoms with Crippen LogP contribution in [-0.4, -0.2) is 40.9 Å². The summed E-state index contributed by atoms with van der Waals surface area (Å²) in [5.41, 5.74) is 1.08. The van der Waals surface area contributed by atoms with E-state index in [0.29, 0.717) is 6.54 Å². The van der Waals surface area contributed by atoms with E-state index in [4.69, 9.17) is 4.74 Å². The van der Waals surface area contributed by atoms with Crippen LogP contribution in [0.2, 0.25) is 0 Å². The summed E-state index contributed by atoms with van der Waals surface area (Å²) in [6.07, 6.45) is -0.457. The molecule has 1 heterocycles. The molecule has 0 radical (unpaired) electrons. The highest BCUT2D eigenvalue weighted by molar-refractivity contribution is 5.14. The highest BCUT2D eigenvalue weighted by atomic mass is 16.5. The summed E-state index contributed by atoms with van der Waals surface area (Å²) in [5.74, 6) is 0. The second-order valence-corrected chi connectivity index (χ2v) is 6.02. The predicted octanol–water partition coefficient (Wildman–Crippen LogP) is 2.05. The molecule has 2 atom stereocenters. The number of β-amino-alcohol motifs (C(OH)–C–C–N with tert-alkyl or cyclic N) is 1. The highest BCUT2D eigenvalue weighted by Crippen LogP contribution is 2.21. The van der Waals surface area contributed by atoms with Gasteiger partial charge in [-0.05, 0) is 26.3 Å². The number of aliphatic hydroxyl groups is 1. The minimum Gasteiger partial charge on any atom is -0.389 e. The van der Waals surface area contributed by atoms with Gasteiger partial charge in [0.1, 0.15) is 0 Å². The first-order valence-electron chi connectivity index (χ1n) is 6.56. The van der Waals surface area contributed by atoms with Gasteiger partial charge in [0.25, 0.3) is 0 Å². The van der Waals surface area contributed by atoms with E-state index < -0.39 is 0 Å². The molecular weight excluding hydrogens is 226 g/mol. The molecule has 1 saturated heterocycles. The summed E-state index contributed by atoms with van der Waals surface area (Å²) >= 11 is 0. The van der Waals surface area contributed by atoms with Gasteiger partial charge in [0.2, 0.25) is 0 Å². The van der Waals surface area contributed by atoms with Gasteiger partial charge in [-0.1, -0.05) is 30.3 Å². The summed E-state index contributed by atoms with van der Waals surface area (Å²) in [6.45, 7) is 8.45. The van der Waals surface area contributed by atoms with Gasteiger partial charge in [0.05, 0.1) is 17.8 Å². The van der Waals surface area contributed by atoms with Crippen molar-refractivity contribution in [1.29, 1.82) is 0 Å². The Labute approximate surface area is 109 Å². The minimum atomic E-state index is -0.382. The van der Waals surface area contributed by atoms with Gasteiger partial charge in [-0.25, -0.2) is 0 Å². The number of ether oxygens (including phenoxy) is 1. The molecule has 0 spiro atoms. The van der Waals surface area contributed by atoms with E-state index in [1.807, 2.05) is 39.0 Å². The fraction of sp³-hybridized carbons (Fsp3) is 0.600. The van der Waals surface area contributed by atoms with Crippen LogP contribution >= 0.6 is 0 Å². The molecule has 1 N–H and O–H groups in total. The van der Waals surface area contributed by atoms with Crippen LogP contribution in [0.15, 0.2) is 30.3 Å². The Balaban J connectivity index is 1.91. The number of hydrogen-bond donors (Lipinski definition) is 1. The summed E-state index contributed by atoms with van der Waals surface area (Å²) < 4.78 is 5.89. The van der Waals surface area contributed by atoms with Gasteiger partial charge >= 0.3 is 0 Å². The number of nitrogens with zero attached hydrogens (tertiary/aromatic N) is 1. The molecule has 1 aliphatic heterocycles. The fourth-order valence-electron chi connectivity index (χ4n) is 2.37. The Hall–Kier alpha value is -0.900. The van der Waals surface area contributed by atoms with E-state index in [1.54, 1.807) is 0 Å². The smallest absolute Gasteiger partial charge is 0.0980 e. The topological polar surface area (TPSA) is 32.7 Å². The van der Waals surface area contributed by atoms with Crippen LogP contribution in [0.5, 0.6) is 0 Å². The second-order valence-electron chi connectivity index (χ2n) is 6.02. The largest absolute Gasteiger partial charge is 0.389 e. The van der Waals surface area contributed by atoms with Crippen molar-refractivity contribution in [3.8, 4) is 0 Å². The zero-order chi connectivity index (χ0) is 13.2. The Kier molecular flexibility index (Phi) is 4.05. The van der Waals surface area contributed by atoms with Crippen LogP contribution in [0, 0.1) is 0 Å². The number of aliphatic hydroxyl groups excluding tert-OH is 1. The average Bonchev–Trinajstić information content (AvgIpc) is 2.58. The molecule has 3 heteroatoms. The van der Waals surface area contributed by atoms with E-state index >= 15 is 0 Å². The monoisotopic (exact) mass is 249 g/mol. The zero-order valence-corrected chi connectivity index (χ0v) is 11.5. The van der Waals surface area contributed by atoms with Crippen LogP contribution in [0.3, 0.4) is 0 Å². The zero-order valence-electron chi connectivity index (χ0n) is 11.5. The van der Waals surface area contributed by atoms with Gasteiger partial charge in [-0.2, -0.15) is 0 Å². The second kappa shape index (κ2) is 5.39. The maximum atomic E-state index is 10.0. The highest BCUT2D eigenvalue weighted by Gasteiger charge is 2.34. The molecule has 1 aromatic rings. The summed E-state index contributed by atoms with van der Waals surface area (Å²) in [7, 11) is 0. The number of rotatable bonds is 3. The molecule has 1 fully saturated rings. The standard InChI is InChI=1S/C15H23NO2/c1-15(2,3)18-14-11-16(10-13(14)17)9-12-7-5-4-6-8-12/h4-8,13-14,17H,9-11H2,1-3H3/t13-,14-/m1/s1. The Bertz CT molecular complexity index is 372. The molecule has 18 heavy (non-hydrogen) atoms. The molecule has 3 nitrogen and oxygen atoms in total. The third-order valence-corrected chi connectivity index (χ3v) is 3.07. The van der Waals surface area contributed by atoms with Crippen molar-refractivity contribution in [2.45, 2.75) is 45.1 Å². The van der Waals surface area contributed by atoms with Crippen molar-refractivity contribution in [2.75, 3.05) is 13.1 Å². The molecule has 0 aromatic heterocycles. The lowest BCUT2D eigenvalue weighted by molar-refractivity contribution is -0.0909. The third kappa shape index (κ3) is 3.80. The quantitative estimate of drug-likeness (QED) is 0.890. The molecule has 2 rings (SSSR count). The maximum absolute atomic E-state index is 10.0. The van der Waals surface area contributed by atoms with Gasteiger partial charge in [0, 0.05) is 19.6 Å². The SMILES string of the molecule is CC(C)(C)O[C@@H]1CN(Cc2ccccc2)C[C@H]1O. The van der Waals surface area contributed by atoms with Crippen LogP contribution in [0.25, 0.3) is 0 Å². The molecule has 0 unspecified atom stereocenters. The Morgan fingerprint density at radius 1 is 1.22 bits per heavy atom. The molecular formula is C15H23NO2. The Morgan fingerprint density at radius 2 is 1.89 bits per heavy atom. The van der Waals surface area contributed by atoms with E-state index in [0.717, 1.165) is 13.1 Å². The molecule has 0 amide bonds. The van der Waals surface area contributed by atoms with Gasteiger partial charge in [-0.3, -0.25) is 4.90 Å². The normalized spacial score (nSPS) is 25.6. The van der Waals surface area contributed by atoms with Gasteiger partial charge < -0.3 is 9.84 Å².